The molecular weight excluding hydrogens is 286 g/mol. The van der Waals surface area contributed by atoms with E-state index in [1.54, 1.807) is 0 Å². The third-order valence-corrected chi connectivity index (χ3v) is 3.81. The van der Waals surface area contributed by atoms with Gasteiger partial charge in [0.1, 0.15) is 5.82 Å². The standard InChI is InChI=1S/C19H21N3O/c1-13(2)12-18(23)20-15-10-8-14(9-11-15)19-21-16-6-4-5-7-17(16)22(19)3/h4-11,13H,12H2,1-3H3,(H,20,23). The zero-order valence-corrected chi connectivity index (χ0v) is 13.7. The molecule has 0 atom stereocenters. The van der Waals surface area contributed by atoms with Gasteiger partial charge in [-0.15, -0.1) is 0 Å². The molecule has 0 aliphatic rings. The Balaban J connectivity index is 1.84. The minimum atomic E-state index is 0.0514. The third-order valence-electron chi connectivity index (χ3n) is 3.81. The highest BCUT2D eigenvalue weighted by atomic mass is 16.1. The van der Waals surface area contributed by atoms with Crippen LogP contribution >= 0.6 is 0 Å². The number of nitrogens with one attached hydrogen (secondary N) is 1. The van der Waals surface area contributed by atoms with Crippen LogP contribution in [0.4, 0.5) is 5.69 Å². The van der Waals surface area contributed by atoms with Crippen LogP contribution in [-0.4, -0.2) is 15.5 Å². The summed E-state index contributed by atoms with van der Waals surface area (Å²) in [5, 5.41) is 2.93. The number of fused-ring (bicyclic) bond motifs is 1. The minimum absolute atomic E-state index is 0.0514. The third kappa shape index (κ3) is 3.26. The summed E-state index contributed by atoms with van der Waals surface area (Å²) >= 11 is 0. The lowest BCUT2D eigenvalue weighted by atomic mass is 10.1. The summed E-state index contributed by atoms with van der Waals surface area (Å²) in [6, 6.07) is 15.9. The fraction of sp³-hybridized carbons (Fsp3) is 0.263. The first kappa shape index (κ1) is 15.3. The second-order valence-corrected chi connectivity index (χ2v) is 6.21. The number of carbonyl (C=O) groups is 1. The molecule has 0 aliphatic heterocycles. The molecule has 1 amide bonds. The van der Waals surface area contributed by atoms with Gasteiger partial charge in [0.2, 0.25) is 5.91 Å². The highest BCUT2D eigenvalue weighted by Gasteiger charge is 2.10. The fourth-order valence-electron chi connectivity index (χ4n) is 2.69. The lowest BCUT2D eigenvalue weighted by Gasteiger charge is -2.08. The van der Waals surface area contributed by atoms with Crippen LogP contribution in [0.1, 0.15) is 20.3 Å². The molecule has 0 saturated carbocycles. The number of para-hydroxylation sites is 2. The number of benzene rings is 2. The van der Waals surface area contributed by atoms with E-state index in [2.05, 4.69) is 20.9 Å². The second kappa shape index (κ2) is 6.24. The maximum absolute atomic E-state index is 11.8. The summed E-state index contributed by atoms with van der Waals surface area (Å²) in [5.74, 6) is 1.33. The van der Waals surface area contributed by atoms with Crippen LogP contribution in [0.5, 0.6) is 0 Å². The number of anilines is 1. The van der Waals surface area contributed by atoms with Crippen LogP contribution in [-0.2, 0) is 11.8 Å². The maximum atomic E-state index is 11.8. The number of imidazole rings is 1. The molecule has 23 heavy (non-hydrogen) atoms. The van der Waals surface area contributed by atoms with Gasteiger partial charge in [0.15, 0.2) is 0 Å². The molecule has 0 bridgehead atoms. The van der Waals surface area contributed by atoms with E-state index in [9.17, 15) is 4.79 Å². The first-order valence-electron chi connectivity index (χ1n) is 7.86. The molecule has 0 fully saturated rings. The first-order valence-corrected chi connectivity index (χ1v) is 7.86. The van der Waals surface area contributed by atoms with Crippen molar-refractivity contribution in [1.29, 1.82) is 0 Å². The van der Waals surface area contributed by atoms with Gasteiger partial charge in [0.05, 0.1) is 11.0 Å². The molecule has 1 aromatic heterocycles. The van der Waals surface area contributed by atoms with Gasteiger partial charge in [0.25, 0.3) is 0 Å². The van der Waals surface area contributed by atoms with E-state index in [0.29, 0.717) is 12.3 Å². The van der Waals surface area contributed by atoms with Crippen LogP contribution in [0, 0.1) is 5.92 Å². The maximum Gasteiger partial charge on any atom is 0.224 e. The van der Waals surface area contributed by atoms with E-state index in [1.807, 2.05) is 63.4 Å². The highest BCUT2D eigenvalue weighted by molar-refractivity contribution is 5.91. The molecule has 3 aromatic rings. The van der Waals surface area contributed by atoms with E-state index in [0.717, 1.165) is 28.1 Å². The van der Waals surface area contributed by atoms with Gasteiger partial charge in [-0.3, -0.25) is 4.79 Å². The smallest absolute Gasteiger partial charge is 0.224 e. The molecule has 0 saturated heterocycles. The van der Waals surface area contributed by atoms with Gasteiger partial charge in [-0.1, -0.05) is 26.0 Å². The number of carbonyl (C=O) groups excluding carboxylic acids is 1. The van der Waals surface area contributed by atoms with Gasteiger partial charge < -0.3 is 9.88 Å². The van der Waals surface area contributed by atoms with Crippen molar-refractivity contribution in [2.45, 2.75) is 20.3 Å². The zero-order valence-electron chi connectivity index (χ0n) is 13.7. The van der Waals surface area contributed by atoms with Crippen molar-refractivity contribution in [1.82, 2.24) is 9.55 Å². The Bertz CT molecular complexity index is 831. The summed E-state index contributed by atoms with van der Waals surface area (Å²) in [4.78, 5) is 16.5. The predicted octanol–water partition coefficient (Wildman–Crippen LogP) is 4.22. The van der Waals surface area contributed by atoms with Crippen LogP contribution in [0.15, 0.2) is 48.5 Å². The Kier molecular flexibility index (Phi) is 4.15. The molecule has 4 heteroatoms. The van der Waals surface area contributed by atoms with Gasteiger partial charge in [-0.2, -0.15) is 0 Å². The van der Waals surface area contributed by atoms with Gasteiger partial charge in [0, 0.05) is 24.7 Å². The summed E-state index contributed by atoms with van der Waals surface area (Å²) in [6.45, 7) is 4.07. The molecule has 1 heterocycles. The summed E-state index contributed by atoms with van der Waals surface area (Å²) in [5.41, 5.74) is 3.94. The number of nitrogens with zero attached hydrogens (tertiary/aromatic N) is 2. The van der Waals surface area contributed by atoms with Crippen molar-refractivity contribution in [3.63, 3.8) is 0 Å². The van der Waals surface area contributed by atoms with Crippen molar-refractivity contribution < 1.29 is 4.79 Å². The second-order valence-electron chi connectivity index (χ2n) is 6.21. The van der Waals surface area contributed by atoms with Gasteiger partial charge in [-0.25, -0.2) is 4.98 Å². The highest BCUT2D eigenvalue weighted by Crippen LogP contribution is 2.24. The van der Waals surface area contributed by atoms with Crippen molar-refractivity contribution in [2.24, 2.45) is 13.0 Å². The van der Waals surface area contributed by atoms with E-state index in [-0.39, 0.29) is 5.91 Å². The average Bonchev–Trinajstić information content (AvgIpc) is 2.85. The Morgan fingerprint density at radius 2 is 1.83 bits per heavy atom. The monoisotopic (exact) mass is 307 g/mol. The predicted molar refractivity (Wildman–Crippen MR) is 94.2 cm³/mol. The number of rotatable bonds is 4. The van der Waals surface area contributed by atoms with Crippen LogP contribution < -0.4 is 5.32 Å². The Labute approximate surface area is 136 Å². The molecule has 2 aromatic carbocycles. The van der Waals surface area contributed by atoms with Crippen LogP contribution in [0.25, 0.3) is 22.4 Å². The lowest BCUT2D eigenvalue weighted by Crippen LogP contribution is -2.13. The van der Waals surface area contributed by atoms with Gasteiger partial charge in [-0.05, 0) is 42.3 Å². The number of aromatic nitrogens is 2. The molecule has 0 aliphatic carbocycles. The number of hydrogen-bond donors (Lipinski definition) is 1. The molecule has 0 unspecified atom stereocenters. The Morgan fingerprint density at radius 1 is 1.13 bits per heavy atom. The summed E-state index contributed by atoms with van der Waals surface area (Å²) < 4.78 is 2.09. The van der Waals surface area contributed by atoms with E-state index >= 15 is 0 Å². The molecule has 0 radical (unpaired) electrons. The van der Waals surface area contributed by atoms with Crippen LogP contribution in [0.3, 0.4) is 0 Å². The Hall–Kier alpha value is -2.62. The number of hydrogen-bond acceptors (Lipinski definition) is 2. The van der Waals surface area contributed by atoms with Gasteiger partial charge >= 0.3 is 0 Å². The van der Waals surface area contributed by atoms with Crippen molar-refractivity contribution in [3.05, 3.63) is 48.5 Å². The van der Waals surface area contributed by atoms with Crippen molar-refractivity contribution >= 4 is 22.6 Å². The number of amides is 1. The SMILES string of the molecule is CC(C)CC(=O)Nc1ccc(-c2nc3ccccc3n2C)cc1. The first-order chi connectivity index (χ1) is 11.0. The van der Waals surface area contributed by atoms with E-state index < -0.39 is 0 Å². The molecule has 1 N–H and O–H groups in total. The quantitative estimate of drug-likeness (QED) is 0.784. The normalized spacial score (nSPS) is 11.1. The van der Waals surface area contributed by atoms with Crippen molar-refractivity contribution in [2.75, 3.05) is 5.32 Å². The van der Waals surface area contributed by atoms with Crippen LogP contribution in [0.2, 0.25) is 0 Å². The zero-order chi connectivity index (χ0) is 16.4. The van der Waals surface area contributed by atoms with E-state index in [1.165, 1.54) is 0 Å². The Morgan fingerprint density at radius 3 is 2.48 bits per heavy atom. The summed E-state index contributed by atoms with van der Waals surface area (Å²) in [7, 11) is 2.02. The average molecular weight is 307 g/mol. The molecule has 3 rings (SSSR count). The topological polar surface area (TPSA) is 46.9 Å². The minimum Gasteiger partial charge on any atom is -0.327 e. The van der Waals surface area contributed by atoms with E-state index in [4.69, 9.17) is 0 Å². The summed E-state index contributed by atoms with van der Waals surface area (Å²) in [6.07, 6.45) is 0.534. The lowest BCUT2D eigenvalue weighted by molar-refractivity contribution is -0.116. The molecule has 0 spiro atoms. The molecular formula is C19H21N3O. The molecule has 118 valence electrons. The van der Waals surface area contributed by atoms with Crippen molar-refractivity contribution in [3.8, 4) is 11.4 Å². The molecule has 4 nitrogen and oxygen atoms in total. The fourth-order valence-corrected chi connectivity index (χ4v) is 2.69. The largest absolute Gasteiger partial charge is 0.327 e. The number of aryl methyl sites for hydroxylation is 1.